The van der Waals surface area contributed by atoms with Gasteiger partial charge in [0.2, 0.25) is 0 Å². The van der Waals surface area contributed by atoms with Crippen molar-refractivity contribution in [3.8, 4) is 0 Å². The van der Waals surface area contributed by atoms with Crippen LogP contribution in [0.25, 0.3) is 0 Å². The van der Waals surface area contributed by atoms with E-state index >= 15 is 0 Å². The first-order valence-corrected chi connectivity index (χ1v) is 6.09. The number of aliphatic hydroxyl groups excluding tert-OH is 1. The molecule has 0 aliphatic heterocycles. The van der Waals surface area contributed by atoms with Gasteiger partial charge >= 0.3 is 0 Å². The molecular weight excluding hydrogens is 216 g/mol. The molecular formula is C10H16O4S. The van der Waals surface area contributed by atoms with E-state index in [2.05, 4.69) is 0 Å². The third kappa shape index (κ3) is 11.0. The van der Waals surface area contributed by atoms with Crippen molar-refractivity contribution in [3.63, 3.8) is 0 Å². The van der Waals surface area contributed by atoms with Gasteiger partial charge in [0.25, 0.3) is 10.1 Å². The van der Waals surface area contributed by atoms with Crippen molar-refractivity contribution in [2.75, 3.05) is 0 Å². The Bertz CT molecular complexity index is 354. The standard InChI is InChI=1S/C7H8O3S.C3H8O/c8-11(9,10)6-7-4-2-1-3-5-7;1-3(2)4/h1-5H,6H2,(H,8,9,10);3-4H,1-2H3. The maximum atomic E-state index is 10.4. The zero-order valence-electron chi connectivity index (χ0n) is 8.79. The molecule has 0 unspecified atom stereocenters. The molecule has 1 aromatic carbocycles. The molecule has 1 rings (SSSR count). The van der Waals surface area contributed by atoms with Crippen LogP contribution in [0.1, 0.15) is 19.4 Å². The van der Waals surface area contributed by atoms with Crippen LogP contribution in [0.15, 0.2) is 30.3 Å². The zero-order chi connectivity index (χ0) is 11.9. The number of rotatable bonds is 2. The Morgan fingerprint density at radius 2 is 1.60 bits per heavy atom. The molecule has 0 amide bonds. The summed E-state index contributed by atoms with van der Waals surface area (Å²) in [7, 11) is -3.88. The van der Waals surface area contributed by atoms with Crippen LogP contribution in [0, 0.1) is 0 Å². The van der Waals surface area contributed by atoms with Crippen LogP contribution in [0.4, 0.5) is 0 Å². The summed E-state index contributed by atoms with van der Waals surface area (Å²) in [5.74, 6) is -0.312. The third-order valence-electron chi connectivity index (χ3n) is 1.19. The lowest BCUT2D eigenvalue weighted by Gasteiger charge is -1.95. The average Bonchev–Trinajstić information content (AvgIpc) is 2.01. The van der Waals surface area contributed by atoms with Gasteiger partial charge in [0.1, 0.15) is 5.75 Å². The third-order valence-corrected chi connectivity index (χ3v) is 1.89. The van der Waals surface area contributed by atoms with Crippen molar-refractivity contribution in [2.24, 2.45) is 0 Å². The SMILES string of the molecule is CC(C)O.O=S(=O)(O)Cc1ccccc1. The lowest BCUT2D eigenvalue weighted by molar-refractivity contribution is 0.216. The Balaban J connectivity index is 0.000000423. The first-order valence-electron chi connectivity index (χ1n) is 4.48. The highest BCUT2D eigenvalue weighted by Crippen LogP contribution is 2.02. The summed E-state index contributed by atoms with van der Waals surface area (Å²) in [6, 6.07) is 8.52. The highest BCUT2D eigenvalue weighted by molar-refractivity contribution is 7.85. The van der Waals surface area contributed by atoms with Gasteiger partial charge in [-0.2, -0.15) is 8.42 Å². The molecule has 0 saturated carbocycles. The summed E-state index contributed by atoms with van der Waals surface area (Å²) in [6.07, 6.45) is -0.167. The molecule has 0 spiro atoms. The molecule has 0 heterocycles. The molecule has 0 aliphatic rings. The van der Waals surface area contributed by atoms with Crippen LogP contribution in [-0.2, 0) is 15.9 Å². The summed E-state index contributed by atoms with van der Waals surface area (Å²) in [6.45, 7) is 3.44. The van der Waals surface area contributed by atoms with E-state index in [1.807, 2.05) is 0 Å². The number of benzene rings is 1. The summed E-state index contributed by atoms with van der Waals surface area (Å²) in [4.78, 5) is 0. The lowest BCUT2D eigenvalue weighted by atomic mass is 10.2. The van der Waals surface area contributed by atoms with Crippen LogP contribution < -0.4 is 0 Å². The van der Waals surface area contributed by atoms with Crippen molar-refractivity contribution in [1.29, 1.82) is 0 Å². The van der Waals surface area contributed by atoms with Gasteiger partial charge in [0.05, 0.1) is 0 Å². The van der Waals surface area contributed by atoms with Crippen molar-refractivity contribution < 1.29 is 18.1 Å². The number of hydrogen-bond acceptors (Lipinski definition) is 3. The maximum Gasteiger partial charge on any atom is 0.269 e. The Morgan fingerprint density at radius 1 is 1.20 bits per heavy atom. The molecule has 1 aromatic rings. The molecule has 0 bridgehead atoms. The molecule has 0 saturated heterocycles. The first-order chi connectivity index (χ1) is 6.81. The normalized spacial score (nSPS) is 10.7. The molecule has 0 fully saturated rings. The smallest absolute Gasteiger partial charge is 0.269 e. The molecule has 0 aromatic heterocycles. The van der Waals surface area contributed by atoms with E-state index in [0.717, 1.165) is 0 Å². The second-order valence-corrected chi connectivity index (χ2v) is 4.76. The van der Waals surface area contributed by atoms with Gasteiger partial charge in [-0.25, -0.2) is 0 Å². The van der Waals surface area contributed by atoms with Crippen LogP contribution >= 0.6 is 0 Å². The average molecular weight is 232 g/mol. The fraction of sp³-hybridized carbons (Fsp3) is 0.400. The van der Waals surface area contributed by atoms with Crippen LogP contribution in [-0.4, -0.2) is 24.2 Å². The molecule has 15 heavy (non-hydrogen) atoms. The fourth-order valence-corrected chi connectivity index (χ4v) is 1.40. The first kappa shape index (κ1) is 14.1. The second-order valence-electron chi connectivity index (χ2n) is 3.31. The Labute approximate surface area is 90.3 Å². The Morgan fingerprint density at radius 3 is 1.93 bits per heavy atom. The van der Waals surface area contributed by atoms with Crippen molar-refractivity contribution in [1.82, 2.24) is 0 Å². The van der Waals surface area contributed by atoms with Gasteiger partial charge in [-0.1, -0.05) is 30.3 Å². The van der Waals surface area contributed by atoms with E-state index in [4.69, 9.17) is 9.66 Å². The molecule has 86 valence electrons. The van der Waals surface area contributed by atoms with E-state index < -0.39 is 10.1 Å². The van der Waals surface area contributed by atoms with E-state index in [9.17, 15) is 8.42 Å². The minimum atomic E-state index is -3.88. The second kappa shape index (κ2) is 6.55. The van der Waals surface area contributed by atoms with Gasteiger partial charge in [-0.05, 0) is 19.4 Å². The summed E-state index contributed by atoms with van der Waals surface area (Å²) in [5, 5.41) is 8.06. The van der Waals surface area contributed by atoms with Gasteiger partial charge < -0.3 is 5.11 Å². The van der Waals surface area contributed by atoms with E-state index in [0.29, 0.717) is 5.56 Å². The molecule has 2 N–H and O–H groups in total. The van der Waals surface area contributed by atoms with E-state index in [1.165, 1.54) is 0 Å². The van der Waals surface area contributed by atoms with Crippen LogP contribution in [0.3, 0.4) is 0 Å². The highest BCUT2D eigenvalue weighted by atomic mass is 32.2. The fourth-order valence-electron chi connectivity index (χ4n) is 0.785. The topological polar surface area (TPSA) is 74.6 Å². The van der Waals surface area contributed by atoms with Gasteiger partial charge in [-0.3, -0.25) is 4.55 Å². The zero-order valence-corrected chi connectivity index (χ0v) is 9.61. The minimum absolute atomic E-state index is 0.167. The van der Waals surface area contributed by atoms with Crippen molar-refractivity contribution in [2.45, 2.75) is 25.7 Å². The maximum absolute atomic E-state index is 10.4. The van der Waals surface area contributed by atoms with Gasteiger partial charge in [0, 0.05) is 6.10 Å². The van der Waals surface area contributed by atoms with Crippen LogP contribution in [0.2, 0.25) is 0 Å². The quantitative estimate of drug-likeness (QED) is 0.757. The minimum Gasteiger partial charge on any atom is -0.394 e. The Hall–Kier alpha value is -0.910. The molecule has 4 nitrogen and oxygen atoms in total. The predicted molar refractivity (Wildman–Crippen MR) is 59.0 cm³/mol. The van der Waals surface area contributed by atoms with E-state index in [1.54, 1.807) is 44.2 Å². The molecule has 5 heteroatoms. The number of hydrogen-bond donors (Lipinski definition) is 2. The lowest BCUT2D eigenvalue weighted by Crippen LogP contribution is -2.00. The molecule has 0 aliphatic carbocycles. The van der Waals surface area contributed by atoms with Crippen LogP contribution in [0.5, 0.6) is 0 Å². The van der Waals surface area contributed by atoms with Crippen molar-refractivity contribution >= 4 is 10.1 Å². The summed E-state index contributed by atoms with van der Waals surface area (Å²) < 4.78 is 29.2. The Kier molecular flexibility index (Phi) is 6.15. The van der Waals surface area contributed by atoms with Gasteiger partial charge in [-0.15, -0.1) is 0 Å². The molecule has 0 atom stereocenters. The summed E-state index contributed by atoms with van der Waals surface area (Å²) >= 11 is 0. The highest BCUT2D eigenvalue weighted by Gasteiger charge is 2.04. The monoisotopic (exact) mass is 232 g/mol. The van der Waals surface area contributed by atoms with E-state index in [-0.39, 0.29) is 11.9 Å². The molecule has 0 radical (unpaired) electrons. The van der Waals surface area contributed by atoms with Crippen molar-refractivity contribution in [3.05, 3.63) is 35.9 Å². The predicted octanol–water partition coefficient (Wildman–Crippen LogP) is 1.46. The number of aliphatic hydroxyl groups is 1. The van der Waals surface area contributed by atoms with Gasteiger partial charge in [0.15, 0.2) is 0 Å². The largest absolute Gasteiger partial charge is 0.394 e. The summed E-state index contributed by atoms with van der Waals surface area (Å²) in [5.41, 5.74) is 0.593.